The summed E-state index contributed by atoms with van der Waals surface area (Å²) in [5.41, 5.74) is 2.07. The lowest BCUT2D eigenvalue weighted by atomic mass is 10.2. The summed E-state index contributed by atoms with van der Waals surface area (Å²) in [6, 6.07) is 3.49. The molecule has 0 bridgehead atoms. The lowest BCUT2D eigenvalue weighted by Crippen LogP contribution is -2.33. The third-order valence-electron chi connectivity index (χ3n) is 3.51. The zero-order chi connectivity index (χ0) is 16.9. The summed E-state index contributed by atoms with van der Waals surface area (Å²) in [6.07, 6.45) is 0.179. The van der Waals surface area contributed by atoms with Crippen molar-refractivity contribution in [3.8, 4) is 5.75 Å². The van der Waals surface area contributed by atoms with Crippen molar-refractivity contribution >= 4 is 17.1 Å². The van der Waals surface area contributed by atoms with Gasteiger partial charge < -0.3 is 14.2 Å². The standard InChI is InChI=1S/C17H20N2O4S/c1-11-5-13(23-9-14-8-21-3-4-22-14)6-15(18-11)16(20)7-17-19-12(2)10-24-17/h5-6,10,14H,3-4,7-9H2,1-2H3. The molecule has 0 aliphatic carbocycles. The molecule has 0 amide bonds. The summed E-state index contributed by atoms with van der Waals surface area (Å²) >= 11 is 1.49. The van der Waals surface area contributed by atoms with E-state index in [-0.39, 0.29) is 18.3 Å². The first-order valence-corrected chi connectivity index (χ1v) is 8.73. The number of hydrogen-bond acceptors (Lipinski definition) is 7. The van der Waals surface area contributed by atoms with Crippen LogP contribution in [0, 0.1) is 13.8 Å². The molecule has 24 heavy (non-hydrogen) atoms. The number of ketones is 1. The van der Waals surface area contributed by atoms with Crippen LogP contribution in [-0.4, -0.2) is 48.3 Å². The molecule has 3 rings (SSSR count). The highest BCUT2D eigenvalue weighted by Crippen LogP contribution is 2.18. The number of carbonyl (C=O) groups is 1. The van der Waals surface area contributed by atoms with Crippen molar-refractivity contribution in [3.05, 3.63) is 39.6 Å². The molecular formula is C17H20N2O4S. The molecule has 1 aliphatic rings. The third kappa shape index (κ3) is 4.59. The molecule has 0 saturated carbocycles. The summed E-state index contributed by atoms with van der Waals surface area (Å²) < 4.78 is 16.7. The summed E-state index contributed by atoms with van der Waals surface area (Å²) in [6.45, 7) is 5.89. The lowest BCUT2D eigenvalue weighted by molar-refractivity contribution is -0.101. The number of pyridine rings is 1. The van der Waals surface area contributed by atoms with Crippen LogP contribution in [0.3, 0.4) is 0 Å². The number of aryl methyl sites for hydroxylation is 2. The van der Waals surface area contributed by atoms with E-state index in [1.54, 1.807) is 6.07 Å². The van der Waals surface area contributed by atoms with Gasteiger partial charge in [0.1, 0.15) is 29.2 Å². The summed E-state index contributed by atoms with van der Waals surface area (Å²) in [7, 11) is 0. The number of hydrogen-bond donors (Lipinski definition) is 0. The van der Waals surface area contributed by atoms with E-state index in [9.17, 15) is 4.79 Å². The third-order valence-corrected chi connectivity index (χ3v) is 4.48. The van der Waals surface area contributed by atoms with Gasteiger partial charge in [-0.3, -0.25) is 4.79 Å². The van der Waals surface area contributed by atoms with E-state index in [1.165, 1.54) is 11.3 Å². The molecule has 1 aliphatic heterocycles. The van der Waals surface area contributed by atoms with Gasteiger partial charge in [-0.2, -0.15) is 0 Å². The number of Topliss-reactive ketones (excluding diaryl/α,β-unsaturated/α-hetero) is 1. The molecule has 0 spiro atoms. The monoisotopic (exact) mass is 348 g/mol. The maximum Gasteiger partial charge on any atom is 0.188 e. The van der Waals surface area contributed by atoms with Crippen LogP contribution >= 0.6 is 11.3 Å². The van der Waals surface area contributed by atoms with E-state index in [1.807, 2.05) is 25.3 Å². The zero-order valence-electron chi connectivity index (χ0n) is 13.8. The van der Waals surface area contributed by atoms with Crippen molar-refractivity contribution in [2.24, 2.45) is 0 Å². The average molecular weight is 348 g/mol. The Morgan fingerprint density at radius 1 is 1.29 bits per heavy atom. The molecule has 2 aromatic heterocycles. The SMILES string of the molecule is Cc1cc(OCC2COCCO2)cc(C(=O)Cc2nc(C)cs2)n1. The Labute approximate surface area is 144 Å². The smallest absolute Gasteiger partial charge is 0.188 e. The van der Waals surface area contributed by atoms with Crippen LogP contribution in [-0.2, 0) is 15.9 Å². The van der Waals surface area contributed by atoms with Crippen LogP contribution in [0.1, 0.15) is 26.9 Å². The molecule has 0 radical (unpaired) electrons. The Balaban J connectivity index is 1.65. The van der Waals surface area contributed by atoms with Gasteiger partial charge >= 0.3 is 0 Å². The van der Waals surface area contributed by atoms with Gasteiger partial charge in [0.25, 0.3) is 0 Å². The maximum atomic E-state index is 12.4. The molecule has 7 heteroatoms. The van der Waals surface area contributed by atoms with Crippen molar-refractivity contribution < 1.29 is 19.0 Å². The van der Waals surface area contributed by atoms with Crippen LogP contribution < -0.4 is 4.74 Å². The second-order valence-corrected chi connectivity index (χ2v) is 6.63. The Bertz CT molecular complexity index is 710. The molecule has 0 aromatic carbocycles. The molecule has 0 N–H and O–H groups in total. The van der Waals surface area contributed by atoms with E-state index >= 15 is 0 Å². The minimum Gasteiger partial charge on any atom is -0.491 e. The highest BCUT2D eigenvalue weighted by Gasteiger charge is 2.17. The highest BCUT2D eigenvalue weighted by atomic mass is 32.1. The topological polar surface area (TPSA) is 70.5 Å². The molecule has 1 atom stereocenters. The van der Waals surface area contributed by atoms with E-state index in [0.29, 0.717) is 37.9 Å². The second-order valence-electron chi connectivity index (χ2n) is 5.69. The molecule has 1 fully saturated rings. The van der Waals surface area contributed by atoms with Gasteiger partial charge in [0, 0.05) is 28.9 Å². The quantitative estimate of drug-likeness (QED) is 0.747. The van der Waals surface area contributed by atoms with Crippen molar-refractivity contribution in [3.63, 3.8) is 0 Å². The van der Waals surface area contributed by atoms with Crippen molar-refractivity contribution in [1.82, 2.24) is 9.97 Å². The number of rotatable bonds is 6. The first kappa shape index (κ1) is 17.0. The van der Waals surface area contributed by atoms with Gasteiger partial charge in [-0.15, -0.1) is 11.3 Å². The lowest BCUT2D eigenvalue weighted by Gasteiger charge is -2.23. The van der Waals surface area contributed by atoms with Gasteiger partial charge in [-0.25, -0.2) is 9.97 Å². The Morgan fingerprint density at radius 3 is 2.88 bits per heavy atom. The van der Waals surface area contributed by atoms with Crippen molar-refractivity contribution in [2.75, 3.05) is 26.4 Å². The molecule has 128 valence electrons. The minimum atomic E-state index is -0.0790. The molecular weight excluding hydrogens is 328 g/mol. The Kier molecular flexibility index (Phi) is 5.55. The molecule has 3 heterocycles. The van der Waals surface area contributed by atoms with Crippen LogP contribution in [0.2, 0.25) is 0 Å². The fraction of sp³-hybridized carbons (Fsp3) is 0.471. The Hall–Kier alpha value is -1.83. The largest absolute Gasteiger partial charge is 0.491 e. The molecule has 2 aromatic rings. The van der Waals surface area contributed by atoms with Gasteiger partial charge in [0.2, 0.25) is 0 Å². The minimum absolute atomic E-state index is 0.0600. The predicted molar refractivity (Wildman–Crippen MR) is 89.9 cm³/mol. The number of aromatic nitrogens is 2. The summed E-state index contributed by atoms with van der Waals surface area (Å²) in [5, 5.41) is 2.74. The number of ether oxygens (including phenoxy) is 3. The highest BCUT2D eigenvalue weighted by molar-refractivity contribution is 7.09. The normalized spacial score (nSPS) is 17.7. The van der Waals surface area contributed by atoms with Crippen LogP contribution in [0.4, 0.5) is 0 Å². The first-order valence-electron chi connectivity index (χ1n) is 7.85. The fourth-order valence-corrected chi connectivity index (χ4v) is 3.17. The van der Waals surface area contributed by atoms with E-state index in [2.05, 4.69) is 9.97 Å². The van der Waals surface area contributed by atoms with Crippen LogP contribution in [0.25, 0.3) is 0 Å². The molecule has 1 unspecified atom stereocenters. The number of thiazole rings is 1. The summed E-state index contributed by atoms with van der Waals surface area (Å²) in [4.78, 5) is 21.1. The Morgan fingerprint density at radius 2 is 2.17 bits per heavy atom. The average Bonchev–Trinajstić information content (AvgIpc) is 2.98. The van der Waals surface area contributed by atoms with Crippen LogP contribution in [0.15, 0.2) is 17.5 Å². The fourth-order valence-electron chi connectivity index (χ4n) is 2.40. The van der Waals surface area contributed by atoms with Crippen molar-refractivity contribution in [2.45, 2.75) is 26.4 Å². The zero-order valence-corrected chi connectivity index (χ0v) is 14.6. The van der Waals surface area contributed by atoms with E-state index in [4.69, 9.17) is 14.2 Å². The molecule has 6 nitrogen and oxygen atoms in total. The van der Waals surface area contributed by atoms with Gasteiger partial charge in [-0.1, -0.05) is 0 Å². The van der Waals surface area contributed by atoms with Gasteiger partial charge in [0.15, 0.2) is 5.78 Å². The van der Waals surface area contributed by atoms with Crippen molar-refractivity contribution in [1.29, 1.82) is 0 Å². The van der Waals surface area contributed by atoms with Crippen LogP contribution in [0.5, 0.6) is 5.75 Å². The second kappa shape index (κ2) is 7.83. The molecule has 1 saturated heterocycles. The van der Waals surface area contributed by atoms with E-state index < -0.39 is 0 Å². The number of nitrogens with zero attached hydrogens (tertiary/aromatic N) is 2. The first-order chi connectivity index (χ1) is 11.6. The summed E-state index contributed by atoms with van der Waals surface area (Å²) in [5.74, 6) is 0.561. The number of carbonyl (C=O) groups excluding carboxylic acids is 1. The van der Waals surface area contributed by atoms with E-state index in [0.717, 1.165) is 16.4 Å². The predicted octanol–water partition coefficient (Wildman–Crippen LogP) is 2.37. The van der Waals surface area contributed by atoms with Gasteiger partial charge in [0.05, 0.1) is 26.2 Å². The van der Waals surface area contributed by atoms with Gasteiger partial charge in [-0.05, 0) is 13.8 Å². The maximum absolute atomic E-state index is 12.4.